The van der Waals surface area contributed by atoms with Crippen LogP contribution in [-0.4, -0.2) is 16.5 Å². The van der Waals surface area contributed by atoms with Crippen molar-refractivity contribution >= 4 is 6.29 Å². The summed E-state index contributed by atoms with van der Waals surface area (Å²) in [5, 5.41) is 7.28. The van der Waals surface area contributed by atoms with Crippen LogP contribution in [0.3, 0.4) is 0 Å². The average molecular weight is 122 g/mol. The molecule has 1 aromatic rings. The van der Waals surface area contributed by atoms with Gasteiger partial charge in [0.1, 0.15) is 6.29 Å². The van der Waals surface area contributed by atoms with Crippen LogP contribution in [0.5, 0.6) is 0 Å². The summed E-state index contributed by atoms with van der Waals surface area (Å²) in [4.78, 5) is 9.91. The van der Waals surface area contributed by atoms with E-state index in [-0.39, 0.29) is 0 Å². The van der Waals surface area contributed by atoms with Gasteiger partial charge in [0.05, 0.1) is 5.69 Å². The number of rotatable bonds is 2. The van der Waals surface area contributed by atoms with Crippen LogP contribution < -0.4 is 0 Å². The Labute approximate surface area is 52.7 Å². The predicted molar refractivity (Wildman–Crippen MR) is 31.8 cm³/mol. The molecule has 0 radical (unpaired) electrons. The first-order valence-corrected chi connectivity index (χ1v) is 2.63. The maximum Gasteiger partial charge on any atom is 0.126 e. The number of aromatic nitrogens is 2. The van der Waals surface area contributed by atoms with E-state index in [1.54, 1.807) is 18.3 Å². The van der Waals surface area contributed by atoms with Gasteiger partial charge in [-0.15, -0.1) is 0 Å². The van der Waals surface area contributed by atoms with Crippen LogP contribution in [0.1, 0.15) is 5.69 Å². The lowest BCUT2D eigenvalue weighted by atomic mass is 10.3. The molecule has 9 heavy (non-hydrogen) atoms. The van der Waals surface area contributed by atoms with Gasteiger partial charge in [0, 0.05) is 12.6 Å². The Hall–Kier alpha value is -1.25. The van der Waals surface area contributed by atoms with Gasteiger partial charge in [-0.3, -0.25) is 0 Å². The van der Waals surface area contributed by atoms with Gasteiger partial charge in [0.15, 0.2) is 0 Å². The van der Waals surface area contributed by atoms with Crippen LogP contribution in [0.2, 0.25) is 0 Å². The first-order valence-electron chi connectivity index (χ1n) is 2.63. The van der Waals surface area contributed by atoms with E-state index in [1.165, 1.54) is 0 Å². The van der Waals surface area contributed by atoms with Crippen molar-refractivity contribution in [2.24, 2.45) is 0 Å². The highest BCUT2D eigenvalue weighted by atomic mass is 16.1. The Bertz CT molecular complexity index is 186. The molecule has 0 aliphatic rings. The predicted octanol–water partition coefficient (Wildman–Crippen LogP) is 0.218. The van der Waals surface area contributed by atoms with Crippen molar-refractivity contribution in [2.75, 3.05) is 0 Å². The second-order valence-corrected chi connectivity index (χ2v) is 1.59. The summed E-state index contributed by atoms with van der Waals surface area (Å²) in [6, 6.07) is 3.52. The normalized spacial score (nSPS) is 8.89. The zero-order valence-electron chi connectivity index (χ0n) is 4.82. The van der Waals surface area contributed by atoms with E-state index in [1.807, 2.05) is 0 Å². The van der Waals surface area contributed by atoms with Gasteiger partial charge in [-0.25, -0.2) is 0 Å². The molecule has 0 aliphatic heterocycles. The molecular formula is C6H6N2O. The van der Waals surface area contributed by atoms with E-state index in [2.05, 4.69) is 10.2 Å². The lowest BCUT2D eigenvalue weighted by Gasteiger charge is -1.86. The summed E-state index contributed by atoms with van der Waals surface area (Å²) >= 11 is 0. The average Bonchev–Trinajstić information content (AvgIpc) is 1.91. The van der Waals surface area contributed by atoms with Crippen LogP contribution >= 0.6 is 0 Å². The first-order chi connectivity index (χ1) is 4.43. The molecule has 3 heteroatoms. The van der Waals surface area contributed by atoms with Gasteiger partial charge < -0.3 is 4.79 Å². The monoisotopic (exact) mass is 122 g/mol. The molecule has 0 saturated heterocycles. The van der Waals surface area contributed by atoms with E-state index in [4.69, 9.17) is 0 Å². The molecule has 0 fully saturated rings. The number of nitrogens with zero attached hydrogens (tertiary/aromatic N) is 2. The molecular weight excluding hydrogens is 116 g/mol. The third-order valence-corrected chi connectivity index (χ3v) is 0.920. The Morgan fingerprint density at radius 3 is 3.11 bits per heavy atom. The number of hydrogen-bond donors (Lipinski definition) is 0. The maximum atomic E-state index is 9.91. The summed E-state index contributed by atoms with van der Waals surface area (Å²) in [6.45, 7) is 0. The Balaban J connectivity index is 2.72. The number of hydrogen-bond acceptors (Lipinski definition) is 3. The zero-order valence-corrected chi connectivity index (χ0v) is 4.82. The largest absolute Gasteiger partial charge is 0.303 e. The molecule has 0 aromatic carbocycles. The Morgan fingerprint density at radius 2 is 2.56 bits per heavy atom. The van der Waals surface area contributed by atoms with Crippen LogP contribution in [0, 0.1) is 0 Å². The summed E-state index contributed by atoms with van der Waals surface area (Å²) in [6.07, 6.45) is 2.74. The van der Waals surface area contributed by atoms with E-state index in [0.29, 0.717) is 12.1 Å². The molecule has 46 valence electrons. The second-order valence-electron chi connectivity index (χ2n) is 1.59. The lowest BCUT2D eigenvalue weighted by molar-refractivity contribution is -0.107. The van der Waals surface area contributed by atoms with Crippen LogP contribution in [0.4, 0.5) is 0 Å². The number of carbonyl (C=O) groups is 1. The first kappa shape index (κ1) is 5.88. The minimum Gasteiger partial charge on any atom is -0.303 e. The van der Waals surface area contributed by atoms with Crippen molar-refractivity contribution in [3.05, 3.63) is 24.0 Å². The van der Waals surface area contributed by atoms with Crippen molar-refractivity contribution < 1.29 is 4.79 Å². The molecule has 1 rings (SSSR count). The zero-order chi connectivity index (χ0) is 6.53. The molecule has 0 amide bonds. The van der Waals surface area contributed by atoms with Gasteiger partial charge in [-0.05, 0) is 12.1 Å². The van der Waals surface area contributed by atoms with E-state index < -0.39 is 0 Å². The van der Waals surface area contributed by atoms with Gasteiger partial charge in [-0.1, -0.05) is 0 Å². The highest BCUT2D eigenvalue weighted by Crippen LogP contribution is 1.87. The van der Waals surface area contributed by atoms with Crippen molar-refractivity contribution in [2.45, 2.75) is 6.42 Å². The van der Waals surface area contributed by atoms with Crippen molar-refractivity contribution in [3.63, 3.8) is 0 Å². The van der Waals surface area contributed by atoms with Crippen LogP contribution in [-0.2, 0) is 11.2 Å². The van der Waals surface area contributed by atoms with Crippen molar-refractivity contribution in [1.82, 2.24) is 10.2 Å². The molecule has 0 spiro atoms. The van der Waals surface area contributed by atoms with Gasteiger partial charge in [-0.2, -0.15) is 10.2 Å². The molecule has 1 heterocycles. The van der Waals surface area contributed by atoms with Gasteiger partial charge in [0.2, 0.25) is 0 Å². The van der Waals surface area contributed by atoms with Gasteiger partial charge in [0.25, 0.3) is 0 Å². The van der Waals surface area contributed by atoms with Crippen molar-refractivity contribution in [3.8, 4) is 0 Å². The third-order valence-electron chi connectivity index (χ3n) is 0.920. The fraction of sp³-hybridized carbons (Fsp3) is 0.167. The molecule has 0 unspecified atom stereocenters. The highest BCUT2D eigenvalue weighted by molar-refractivity contribution is 5.53. The van der Waals surface area contributed by atoms with Crippen molar-refractivity contribution in [1.29, 1.82) is 0 Å². The summed E-state index contributed by atoms with van der Waals surface area (Å²) in [5.41, 5.74) is 0.715. The molecule has 0 bridgehead atoms. The maximum absolute atomic E-state index is 9.91. The fourth-order valence-electron chi connectivity index (χ4n) is 0.528. The third kappa shape index (κ3) is 1.60. The number of carbonyl (C=O) groups excluding carboxylic acids is 1. The highest BCUT2D eigenvalue weighted by Gasteiger charge is 1.87. The molecule has 0 N–H and O–H groups in total. The molecule has 1 aromatic heterocycles. The van der Waals surface area contributed by atoms with E-state index >= 15 is 0 Å². The standard InChI is InChI=1S/C6H6N2O/c9-5-3-6-2-1-4-7-8-6/h1-2,4-5H,3H2. The van der Waals surface area contributed by atoms with Gasteiger partial charge >= 0.3 is 0 Å². The smallest absolute Gasteiger partial charge is 0.126 e. The SMILES string of the molecule is O=CCc1cccnn1. The quantitative estimate of drug-likeness (QED) is 0.527. The Kier molecular flexibility index (Phi) is 1.90. The molecule has 0 atom stereocenters. The summed E-state index contributed by atoms with van der Waals surface area (Å²) < 4.78 is 0. The lowest BCUT2D eigenvalue weighted by Crippen LogP contribution is -1.90. The molecule has 0 saturated carbocycles. The Morgan fingerprint density at radius 1 is 1.67 bits per heavy atom. The van der Waals surface area contributed by atoms with E-state index in [9.17, 15) is 4.79 Å². The topological polar surface area (TPSA) is 42.9 Å². The fourth-order valence-corrected chi connectivity index (χ4v) is 0.528. The molecule has 3 nitrogen and oxygen atoms in total. The van der Waals surface area contributed by atoms with Crippen LogP contribution in [0.15, 0.2) is 18.3 Å². The van der Waals surface area contributed by atoms with E-state index in [0.717, 1.165) is 6.29 Å². The summed E-state index contributed by atoms with van der Waals surface area (Å²) in [7, 11) is 0. The summed E-state index contributed by atoms with van der Waals surface area (Å²) in [5.74, 6) is 0. The molecule has 0 aliphatic carbocycles. The second kappa shape index (κ2) is 2.91. The minimum atomic E-state index is 0.355. The number of aldehydes is 1. The minimum absolute atomic E-state index is 0.355. The van der Waals surface area contributed by atoms with Crippen LogP contribution in [0.25, 0.3) is 0 Å².